The van der Waals surface area contributed by atoms with Gasteiger partial charge in [-0.25, -0.2) is 4.79 Å². The minimum absolute atomic E-state index is 0.602. The van der Waals surface area contributed by atoms with Gasteiger partial charge in [0.1, 0.15) is 12.4 Å². The average Bonchev–Trinajstić information content (AvgIpc) is 2.44. The molecule has 0 aliphatic heterocycles. The predicted octanol–water partition coefficient (Wildman–Crippen LogP) is 1.74. The molecule has 0 unspecified atom stereocenters. The first-order valence-corrected chi connectivity index (χ1v) is 6.43. The average molecular weight is 279 g/mol. The van der Waals surface area contributed by atoms with Gasteiger partial charge in [0.05, 0.1) is 6.61 Å². The smallest absolute Gasteiger partial charge is 0.328 e. The number of hydrogen-bond acceptors (Lipinski definition) is 4. The van der Waals surface area contributed by atoms with E-state index in [2.05, 4.69) is 4.90 Å². The highest BCUT2D eigenvalue weighted by molar-refractivity contribution is 5.85. The summed E-state index contributed by atoms with van der Waals surface area (Å²) in [6.07, 6.45) is 2.66. The first-order chi connectivity index (χ1) is 9.61. The molecular formula is C15H21NO4. The number of benzene rings is 1. The molecule has 5 heteroatoms. The minimum Gasteiger partial charge on any atom is -0.492 e. The van der Waals surface area contributed by atoms with E-state index in [1.54, 1.807) is 13.2 Å². The largest absolute Gasteiger partial charge is 0.492 e. The van der Waals surface area contributed by atoms with Gasteiger partial charge in [0.2, 0.25) is 0 Å². The van der Waals surface area contributed by atoms with E-state index < -0.39 is 5.97 Å². The summed E-state index contributed by atoms with van der Waals surface area (Å²) in [5.41, 5.74) is 0.831. The lowest BCUT2D eigenvalue weighted by molar-refractivity contribution is -0.131. The van der Waals surface area contributed by atoms with Crippen molar-refractivity contribution >= 4 is 12.0 Å². The van der Waals surface area contributed by atoms with Gasteiger partial charge in [-0.3, -0.25) is 0 Å². The summed E-state index contributed by atoms with van der Waals surface area (Å²) >= 11 is 0. The van der Waals surface area contributed by atoms with E-state index in [4.69, 9.17) is 14.6 Å². The van der Waals surface area contributed by atoms with E-state index >= 15 is 0 Å². The Kier molecular flexibility index (Phi) is 7.39. The maximum absolute atomic E-state index is 10.4. The zero-order chi connectivity index (χ0) is 14.8. The van der Waals surface area contributed by atoms with Crippen LogP contribution in [-0.4, -0.2) is 56.4 Å². The zero-order valence-corrected chi connectivity index (χ0v) is 11.9. The second-order valence-corrected chi connectivity index (χ2v) is 4.39. The predicted molar refractivity (Wildman–Crippen MR) is 78.0 cm³/mol. The number of hydrogen-bond donors (Lipinski definition) is 1. The van der Waals surface area contributed by atoms with E-state index in [1.807, 2.05) is 31.3 Å². The van der Waals surface area contributed by atoms with Crippen molar-refractivity contribution in [2.45, 2.75) is 0 Å². The van der Waals surface area contributed by atoms with Crippen LogP contribution in [0.25, 0.3) is 6.08 Å². The Morgan fingerprint density at radius 2 is 1.90 bits per heavy atom. The first-order valence-electron chi connectivity index (χ1n) is 6.43. The molecular weight excluding hydrogens is 258 g/mol. The van der Waals surface area contributed by atoms with E-state index in [-0.39, 0.29) is 0 Å². The number of likely N-dealkylation sites (N-methyl/N-ethyl adjacent to an activating group) is 1. The van der Waals surface area contributed by atoms with Crippen LogP contribution in [0.15, 0.2) is 30.3 Å². The van der Waals surface area contributed by atoms with Crippen LogP contribution in [0.2, 0.25) is 0 Å². The van der Waals surface area contributed by atoms with Crippen molar-refractivity contribution in [1.29, 1.82) is 0 Å². The highest BCUT2D eigenvalue weighted by Crippen LogP contribution is 2.13. The number of nitrogens with zero attached hydrogens (tertiary/aromatic N) is 1. The molecule has 0 amide bonds. The Hall–Kier alpha value is -1.85. The van der Waals surface area contributed by atoms with Gasteiger partial charge in [-0.05, 0) is 30.8 Å². The summed E-state index contributed by atoms with van der Waals surface area (Å²) in [5, 5.41) is 8.53. The van der Waals surface area contributed by atoms with E-state index in [9.17, 15) is 4.79 Å². The number of carbonyl (C=O) groups is 1. The molecule has 0 heterocycles. The highest BCUT2D eigenvalue weighted by Gasteiger charge is 1.99. The quantitative estimate of drug-likeness (QED) is 0.698. The van der Waals surface area contributed by atoms with Gasteiger partial charge in [-0.15, -0.1) is 0 Å². The molecule has 1 N–H and O–H groups in total. The molecule has 110 valence electrons. The van der Waals surface area contributed by atoms with Gasteiger partial charge in [-0.2, -0.15) is 0 Å². The van der Waals surface area contributed by atoms with Crippen LogP contribution in [0, 0.1) is 0 Å². The molecule has 0 aromatic heterocycles. The topological polar surface area (TPSA) is 59.0 Å². The normalized spacial score (nSPS) is 11.2. The molecule has 0 spiro atoms. The summed E-state index contributed by atoms with van der Waals surface area (Å²) in [6, 6.07) is 7.31. The monoisotopic (exact) mass is 279 g/mol. The summed E-state index contributed by atoms with van der Waals surface area (Å²) in [6.45, 7) is 3.01. The zero-order valence-electron chi connectivity index (χ0n) is 11.9. The molecule has 0 aliphatic rings. The Morgan fingerprint density at radius 3 is 2.50 bits per heavy atom. The second kappa shape index (κ2) is 9.12. The fraction of sp³-hybridized carbons (Fsp3) is 0.400. The molecule has 0 radical (unpaired) electrons. The first kappa shape index (κ1) is 16.2. The maximum atomic E-state index is 10.4. The number of rotatable bonds is 9. The summed E-state index contributed by atoms with van der Waals surface area (Å²) < 4.78 is 10.6. The summed E-state index contributed by atoms with van der Waals surface area (Å²) in [7, 11) is 3.70. The third kappa shape index (κ3) is 6.92. The molecule has 5 nitrogen and oxygen atoms in total. The lowest BCUT2D eigenvalue weighted by atomic mass is 10.2. The van der Waals surface area contributed by atoms with E-state index in [1.165, 1.54) is 0 Å². The van der Waals surface area contributed by atoms with Crippen molar-refractivity contribution in [3.8, 4) is 5.75 Å². The van der Waals surface area contributed by atoms with Crippen molar-refractivity contribution in [3.63, 3.8) is 0 Å². The molecule has 1 rings (SSSR count). The lowest BCUT2D eigenvalue weighted by Crippen LogP contribution is -2.27. The van der Waals surface area contributed by atoms with Gasteiger partial charge in [0, 0.05) is 26.3 Å². The summed E-state index contributed by atoms with van der Waals surface area (Å²) in [4.78, 5) is 12.5. The van der Waals surface area contributed by atoms with Crippen LogP contribution in [0.4, 0.5) is 0 Å². The number of methoxy groups -OCH3 is 1. The number of carboxylic acids is 1. The molecule has 1 aromatic rings. The van der Waals surface area contributed by atoms with Gasteiger partial charge in [0.15, 0.2) is 0 Å². The maximum Gasteiger partial charge on any atom is 0.328 e. The lowest BCUT2D eigenvalue weighted by Gasteiger charge is -2.16. The van der Waals surface area contributed by atoms with Gasteiger partial charge >= 0.3 is 5.97 Å². The van der Waals surface area contributed by atoms with Crippen molar-refractivity contribution in [2.24, 2.45) is 0 Å². The van der Waals surface area contributed by atoms with Crippen molar-refractivity contribution < 1.29 is 19.4 Å². The molecule has 0 atom stereocenters. The molecule has 0 bridgehead atoms. The summed E-state index contributed by atoms with van der Waals surface area (Å²) in [5.74, 6) is -0.179. The molecule has 0 saturated heterocycles. The van der Waals surface area contributed by atoms with Gasteiger partial charge in [0.25, 0.3) is 0 Å². The molecule has 0 fully saturated rings. The van der Waals surface area contributed by atoms with Gasteiger partial charge < -0.3 is 19.5 Å². The van der Waals surface area contributed by atoms with E-state index in [0.29, 0.717) is 13.2 Å². The Bertz CT molecular complexity index is 428. The van der Waals surface area contributed by atoms with Crippen molar-refractivity contribution in [1.82, 2.24) is 4.90 Å². The van der Waals surface area contributed by atoms with Crippen LogP contribution in [0.1, 0.15) is 5.56 Å². The Morgan fingerprint density at radius 1 is 1.25 bits per heavy atom. The van der Waals surface area contributed by atoms with Crippen LogP contribution < -0.4 is 4.74 Å². The molecule has 20 heavy (non-hydrogen) atoms. The van der Waals surface area contributed by atoms with E-state index in [0.717, 1.165) is 30.5 Å². The standard InChI is InChI=1S/C15H21NO4/c1-16(9-11-19-2)10-12-20-14-6-3-13(4-7-14)5-8-15(17)18/h3-8H,9-12H2,1-2H3,(H,17,18). The van der Waals surface area contributed by atoms with Crippen LogP contribution >= 0.6 is 0 Å². The van der Waals surface area contributed by atoms with Gasteiger partial charge in [-0.1, -0.05) is 12.1 Å². The molecule has 0 aliphatic carbocycles. The fourth-order valence-electron chi connectivity index (χ4n) is 1.52. The highest BCUT2D eigenvalue weighted by atomic mass is 16.5. The Labute approximate surface area is 119 Å². The van der Waals surface area contributed by atoms with Crippen LogP contribution in [0.5, 0.6) is 5.75 Å². The number of aliphatic carboxylic acids is 1. The number of carboxylic acid groups (broad SMARTS) is 1. The van der Waals surface area contributed by atoms with Crippen LogP contribution in [-0.2, 0) is 9.53 Å². The Balaban J connectivity index is 2.33. The van der Waals surface area contributed by atoms with Crippen molar-refractivity contribution in [3.05, 3.63) is 35.9 Å². The second-order valence-electron chi connectivity index (χ2n) is 4.39. The molecule has 0 saturated carbocycles. The third-order valence-corrected chi connectivity index (χ3v) is 2.72. The third-order valence-electron chi connectivity index (χ3n) is 2.72. The van der Waals surface area contributed by atoms with Crippen LogP contribution in [0.3, 0.4) is 0 Å². The van der Waals surface area contributed by atoms with Crippen molar-refractivity contribution in [2.75, 3.05) is 40.5 Å². The molecule has 1 aromatic carbocycles. The number of ether oxygens (including phenoxy) is 2. The SMILES string of the molecule is COCCN(C)CCOc1ccc(C=CC(=O)O)cc1. The fourth-order valence-corrected chi connectivity index (χ4v) is 1.52. The minimum atomic E-state index is -0.954.